The number of nitrogens with zero attached hydrogens (tertiary/aromatic N) is 5. The molecule has 28 heavy (non-hydrogen) atoms. The predicted octanol–water partition coefficient (Wildman–Crippen LogP) is 1.68. The standard InChI is InChI=1S/C20H22N6O2/c27-19-16-18(26(24-23-16)11-13-5-2-1-3-6-13)21-17(22-19)15-7-4-10-25(12-15)20(28)14-8-9-14/h1-3,5-6,14-15H,4,7-12H2,(H,21,22,27)/t15-/m1/s1. The van der Waals surface area contributed by atoms with Crippen molar-refractivity contribution >= 4 is 17.1 Å². The molecule has 2 aliphatic rings. The van der Waals surface area contributed by atoms with Crippen LogP contribution in [0.2, 0.25) is 0 Å². The van der Waals surface area contributed by atoms with E-state index in [-0.39, 0.29) is 28.8 Å². The van der Waals surface area contributed by atoms with Gasteiger partial charge in [-0.1, -0.05) is 35.5 Å². The molecule has 0 spiro atoms. The predicted molar refractivity (Wildman–Crippen MR) is 103 cm³/mol. The van der Waals surface area contributed by atoms with Gasteiger partial charge in [0.1, 0.15) is 5.82 Å². The van der Waals surface area contributed by atoms with Crippen LogP contribution < -0.4 is 5.56 Å². The molecule has 2 aromatic heterocycles. The Kier molecular flexibility index (Phi) is 4.18. The zero-order chi connectivity index (χ0) is 19.1. The number of hydrogen-bond donors (Lipinski definition) is 1. The van der Waals surface area contributed by atoms with Crippen LogP contribution in [0.1, 0.15) is 43.0 Å². The molecular formula is C20H22N6O2. The van der Waals surface area contributed by atoms with Crippen molar-refractivity contribution in [2.75, 3.05) is 13.1 Å². The first-order chi connectivity index (χ1) is 13.7. The van der Waals surface area contributed by atoms with E-state index in [1.54, 1.807) is 4.68 Å². The molecule has 1 aliphatic carbocycles. The number of aromatic amines is 1. The Hall–Kier alpha value is -3.03. The van der Waals surface area contributed by atoms with E-state index in [1.807, 2.05) is 35.2 Å². The summed E-state index contributed by atoms with van der Waals surface area (Å²) in [5.41, 5.74) is 1.54. The van der Waals surface area contributed by atoms with E-state index in [9.17, 15) is 9.59 Å². The van der Waals surface area contributed by atoms with Crippen molar-refractivity contribution in [2.24, 2.45) is 5.92 Å². The summed E-state index contributed by atoms with van der Waals surface area (Å²) in [7, 11) is 0. The molecule has 1 aromatic carbocycles. The average molecular weight is 378 g/mol. The lowest BCUT2D eigenvalue weighted by Gasteiger charge is -2.32. The minimum atomic E-state index is -0.273. The van der Waals surface area contributed by atoms with Crippen molar-refractivity contribution in [3.63, 3.8) is 0 Å². The number of aromatic nitrogens is 5. The second-order valence-corrected chi connectivity index (χ2v) is 7.75. The Labute approximate surface area is 161 Å². The zero-order valence-corrected chi connectivity index (χ0v) is 15.5. The van der Waals surface area contributed by atoms with Crippen LogP contribution in [0.4, 0.5) is 0 Å². The fourth-order valence-corrected chi connectivity index (χ4v) is 3.93. The van der Waals surface area contributed by atoms with Gasteiger partial charge in [0, 0.05) is 24.9 Å². The van der Waals surface area contributed by atoms with E-state index in [4.69, 9.17) is 4.98 Å². The lowest BCUT2D eigenvalue weighted by Crippen LogP contribution is -2.40. The topological polar surface area (TPSA) is 96.8 Å². The molecule has 1 atom stereocenters. The number of amides is 1. The van der Waals surface area contributed by atoms with Crippen LogP contribution in [-0.2, 0) is 11.3 Å². The van der Waals surface area contributed by atoms with Crippen LogP contribution in [0, 0.1) is 5.92 Å². The summed E-state index contributed by atoms with van der Waals surface area (Å²) in [4.78, 5) is 34.5. The fourth-order valence-electron chi connectivity index (χ4n) is 3.93. The third kappa shape index (κ3) is 3.19. The molecule has 0 unspecified atom stereocenters. The Morgan fingerprint density at radius 1 is 1.18 bits per heavy atom. The van der Waals surface area contributed by atoms with Crippen LogP contribution >= 0.6 is 0 Å². The molecular weight excluding hydrogens is 356 g/mol. The second kappa shape index (κ2) is 6.85. The molecule has 8 nitrogen and oxygen atoms in total. The number of H-pyrrole nitrogens is 1. The molecule has 0 radical (unpaired) electrons. The average Bonchev–Trinajstić information content (AvgIpc) is 3.50. The number of carbonyl (C=O) groups is 1. The largest absolute Gasteiger partial charge is 0.342 e. The number of hydrogen-bond acceptors (Lipinski definition) is 5. The Bertz CT molecular complexity index is 1070. The highest BCUT2D eigenvalue weighted by Gasteiger charge is 2.36. The van der Waals surface area contributed by atoms with Crippen molar-refractivity contribution < 1.29 is 4.79 Å². The molecule has 8 heteroatoms. The number of benzene rings is 1. The van der Waals surface area contributed by atoms with E-state index < -0.39 is 0 Å². The summed E-state index contributed by atoms with van der Waals surface area (Å²) in [5.74, 6) is 1.13. The molecule has 1 amide bonds. The van der Waals surface area contributed by atoms with Crippen LogP contribution in [0.15, 0.2) is 35.1 Å². The molecule has 1 saturated heterocycles. The number of fused-ring (bicyclic) bond motifs is 1. The third-order valence-electron chi connectivity index (χ3n) is 5.61. The molecule has 2 fully saturated rings. The smallest absolute Gasteiger partial charge is 0.281 e. The number of rotatable bonds is 4. The van der Waals surface area contributed by atoms with Crippen molar-refractivity contribution in [1.29, 1.82) is 0 Å². The Morgan fingerprint density at radius 2 is 2.00 bits per heavy atom. The molecule has 3 aromatic rings. The SMILES string of the molecule is O=C(C1CC1)N1CCC[C@@H](c2nc3c(nnn3Cc3ccccc3)c(=O)[nH]2)C1. The minimum absolute atomic E-state index is 0.0358. The number of piperidine rings is 1. The van der Waals surface area contributed by atoms with Crippen molar-refractivity contribution in [1.82, 2.24) is 29.9 Å². The second-order valence-electron chi connectivity index (χ2n) is 7.75. The van der Waals surface area contributed by atoms with E-state index in [0.717, 1.165) is 37.8 Å². The maximum Gasteiger partial charge on any atom is 0.281 e. The molecule has 3 heterocycles. The van der Waals surface area contributed by atoms with Gasteiger partial charge in [0.2, 0.25) is 5.91 Å². The molecule has 144 valence electrons. The van der Waals surface area contributed by atoms with E-state index in [0.29, 0.717) is 24.6 Å². The first kappa shape index (κ1) is 17.1. The maximum atomic E-state index is 12.5. The highest BCUT2D eigenvalue weighted by Crippen LogP contribution is 2.33. The maximum absolute atomic E-state index is 12.5. The number of likely N-dealkylation sites (tertiary alicyclic amines) is 1. The Morgan fingerprint density at radius 3 is 2.79 bits per heavy atom. The van der Waals surface area contributed by atoms with Crippen LogP contribution in [-0.4, -0.2) is 48.9 Å². The summed E-state index contributed by atoms with van der Waals surface area (Å²) < 4.78 is 1.67. The summed E-state index contributed by atoms with van der Waals surface area (Å²) in [6.07, 6.45) is 3.84. The highest BCUT2D eigenvalue weighted by atomic mass is 16.2. The number of nitrogens with one attached hydrogen (secondary N) is 1. The molecule has 1 saturated carbocycles. The zero-order valence-electron chi connectivity index (χ0n) is 15.5. The fraction of sp³-hybridized carbons (Fsp3) is 0.450. The Balaban J connectivity index is 1.45. The van der Waals surface area contributed by atoms with Crippen molar-refractivity contribution in [3.8, 4) is 0 Å². The normalized spacial score (nSPS) is 19.9. The van der Waals surface area contributed by atoms with Crippen molar-refractivity contribution in [2.45, 2.75) is 38.1 Å². The lowest BCUT2D eigenvalue weighted by molar-refractivity contribution is -0.133. The van der Waals surface area contributed by atoms with Crippen LogP contribution in [0.5, 0.6) is 0 Å². The van der Waals surface area contributed by atoms with Crippen LogP contribution in [0.3, 0.4) is 0 Å². The third-order valence-corrected chi connectivity index (χ3v) is 5.61. The summed E-state index contributed by atoms with van der Waals surface area (Å²) in [5, 5.41) is 8.15. The quantitative estimate of drug-likeness (QED) is 0.745. The van der Waals surface area contributed by atoms with Gasteiger partial charge in [0.05, 0.1) is 6.54 Å². The van der Waals surface area contributed by atoms with Gasteiger partial charge in [-0.3, -0.25) is 9.59 Å². The van der Waals surface area contributed by atoms with E-state index in [2.05, 4.69) is 15.3 Å². The van der Waals surface area contributed by atoms with Gasteiger partial charge in [0.15, 0.2) is 11.2 Å². The van der Waals surface area contributed by atoms with E-state index in [1.165, 1.54) is 0 Å². The minimum Gasteiger partial charge on any atom is -0.342 e. The summed E-state index contributed by atoms with van der Waals surface area (Å²) >= 11 is 0. The number of carbonyl (C=O) groups excluding carboxylic acids is 1. The lowest BCUT2D eigenvalue weighted by atomic mass is 9.96. The van der Waals surface area contributed by atoms with Gasteiger partial charge in [-0.25, -0.2) is 9.67 Å². The van der Waals surface area contributed by atoms with Gasteiger partial charge in [-0.05, 0) is 31.2 Å². The van der Waals surface area contributed by atoms with Crippen molar-refractivity contribution in [3.05, 3.63) is 52.1 Å². The molecule has 5 rings (SSSR count). The summed E-state index contributed by atoms with van der Waals surface area (Å²) in [6.45, 7) is 1.92. The van der Waals surface area contributed by atoms with Crippen LogP contribution in [0.25, 0.3) is 11.2 Å². The first-order valence-corrected chi connectivity index (χ1v) is 9.85. The van der Waals surface area contributed by atoms with Gasteiger partial charge in [0.25, 0.3) is 5.56 Å². The highest BCUT2D eigenvalue weighted by molar-refractivity contribution is 5.81. The monoisotopic (exact) mass is 378 g/mol. The van der Waals surface area contributed by atoms with Gasteiger partial charge >= 0.3 is 0 Å². The summed E-state index contributed by atoms with van der Waals surface area (Å²) in [6, 6.07) is 9.90. The molecule has 0 bridgehead atoms. The van der Waals surface area contributed by atoms with Gasteiger partial charge in [-0.15, -0.1) is 5.10 Å². The van der Waals surface area contributed by atoms with E-state index >= 15 is 0 Å². The van der Waals surface area contributed by atoms with Gasteiger partial charge in [-0.2, -0.15) is 0 Å². The first-order valence-electron chi connectivity index (χ1n) is 9.85. The van der Waals surface area contributed by atoms with Gasteiger partial charge < -0.3 is 9.88 Å². The molecule has 1 aliphatic heterocycles. The molecule has 1 N–H and O–H groups in total.